The van der Waals surface area contributed by atoms with Crippen LogP contribution in [0.4, 0.5) is 11.8 Å². The van der Waals surface area contributed by atoms with Crippen LogP contribution in [0.25, 0.3) is 0 Å². The van der Waals surface area contributed by atoms with Crippen molar-refractivity contribution < 1.29 is 4.79 Å². The average molecular weight is 209 g/mol. The molecule has 6 heteroatoms. The average Bonchev–Trinajstić information content (AvgIpc) is 2.21. The number of hydrogen-bond acceptors (Lipinski definition) is 5. The lowest BCUT2D eigenvalue weighted by Crippen LogP contribution is -2.33. The summed E-state index contributed by atoms with van der Waals surface area (Å²) in [7, 11) is 3.38. The largest absolute Gasteiger partial charge is 0.368 e. The molecule has 0 unspecified atom stereocenters. The highest BCUT2D eigenvalue weighted by molar-refractivity contribution is 5.80. The molecule has 1 rings (SSSR count). The van der Waals surface area contributed by atoms with E-state index in [2.05, 4.69) is 15.3 Å². The summed E-state index contributed by atoms with van der Waals surface area (Å²) in [5, 5.41) is 2.54. The molecule has 1 heterocycles. The lowest BCUT2D eigenvalue weighted by atomic mass is 10.3. The van der Waals surface area contributed by atoms with Crippen LogP contribution in [-0.4, -0.2) is 36.5 Å². The lowest BCUT2D eigenvalue weighted by Gasteiger charge is -2.18. The molecule has 0 aromatic carbocycles. The Bertz CT molecular complexity index is 366. The summed E-state index contributed by atoms with van der Waals surface area (Å²) in [6.45, 7) is 2.11. The van der Waals surface area contributed by atoms with Crippen LogP contribution < -0.4 is 16.0 Å². The van der Waals surface area contributed by atoms with Crippen LogP contribution in [0.1, 0.15) is 5.56 Å². The lowest BCUT2D eigenvalue weighted by molar-refractivity contribution is -0.119. The fraction of sp³-hybridized carbons (Fsp3) is 0.444. The molecule has 82 valence electrons. The van der Waals surface area contributed by atoms with Gasteiger partial charge in [-0.2, -0.15) is 4.98 Å². The highest BCUT2D eigenvalue weighted by Gasteiger charge is 2.10. The number of carbonyl (C=O) groups excluding carboxylic acids is 1. The number of nitrogens with zero attached hydrogens (tertiary/aromatic N) is 3. The minimum atomic E-state index is -0.0749. The molecule has 0 bridgehead atoms. The summed E-state index contributed by atoms with van der Waals surface area (Å²) in [4.78, 5) is 20.8. The molecule has 0 aliphatic carbocycles. The van der Waals surface area contributed by atoms with E-state index >= 15 is 0 Å². The molecule has 0 saturated carbocycles. The van der Waals surface area contributed by atoms with Gasteiger partial charge < -0.3 is 16.0 Å². The van der Waals surface area contributed by atoms with Gasteiger partial charge in [0.15, 0.2) is 0 Å². The second kappa shape index (κ2) is 4.59. The number of aromatic nitrogens is 2. The number of carbonyl (C=O) groups is 1. The molecule has 1 aromatic heterocycles. The third kappa shape index (κ3) is 2.80. The normalized spacial score (nSPS) is 9.80. The molecule has 0 fully saturated rings. The number of anilines is 2. The number of likely N-dealkylation sites (N-methyl/N-ethyl adjacent to an activating group) is 2. The zero-order valence-corrected chi connectivity index (χ0v) is 9.11. The Morgan fingerprint density at radius 3 is 2.93 bits per heavy atom. The monoisotopic (exact) mass is 209 g/mol. The van der Waals surface area contributed by atoms with Crippen LogP contribution in [-0.2, 0) is 4.79 Å². The molecule has 1 amide bonds. The van der Waals surface area contributed by atoms with Crippen molar-refractivity contribution in [1.29, 1.82) is 0 Å². The maximum Gasteiger partial charge on any atom is 0.239 e. The third-order valence-corrected chi connectivity index (χ3v) is 1.98. The Morgan fingerprint density at radius 1 is 1.67 bits per heavy atom. The van der Waals surface area contributed by atoms with Crippen molar-refractivity contribution in [2.24, 2.45) is 0 Å². The van der Waals surface area contributed by atoms with Gasteiger partial charge in [0.1, 0.15) is 5.82 Å². The Labute approximate surface area is 88.5 Å². The predicted molar refractivity (Wildman–Crippen MR) is 58.5 cm³/mol. The van der Waals surface area contributed by atoms with Gasteiger partial charge in [0.25, 0.3) is 0 Å². The zero-order chi connectivity index (χ0) is 11.4. The third-order valence-electron chi connectivity index (χ3n) is 1.98. The minimum Gasteiger partial charge on any atom is -0.368 e. The zero-order valence-electron chi connectivity index (χ0n) is 9.11. The van der Waals surface area contributed by atoms with Gasteiger partial charge in [-0.1, -0.05) is 0 Å². The Kier molecular flexibility index (Phi) is 3.43. The van der Waals surface area contributed by atoms with Crippen molar-refractivity contribution in [3.05, 3.63) is 11.8 Å². The molecular weight excluding hydrogens is 194 g/mol. The molecule has 3 N–H and O–H groups in total. The first kappa shape index (κ1) is 11.2. The Balaban J connectivity index is 2.85. The quantitative estimate of drug-likeness (QED) is 0.704. The van der Waals surface area contributed by atoms with E-state index in [0.29, 0.717) is 5.82 Å². The smallest absolute Gasteiger partial charge is 0.239 e. The van der Waals surface area contributed by atoms with Crippen molar-refractivity contribution in [3.63, 3.8) is 0 Å². The molecule has 0 aliphatic rings. The number of rotatable bonds is 3. The second-order valence-corrected chi connectivity index (χ2v) is 3.26. The molecule has 0 saturated heterocycles. The number of nitrogens with one attached hydrogen (secondary N) is 1. The van der Waals surface area contributed by atoms with Crippen molar-refractivity contribution in [2.45, 2.75) is 6.92 Å². The van der Waals surface area contributed by atoms with Crippen molar-refractivity contribution in [1.82, 2.24) is 15.3 Å². The van der Waals surface area contributed by atoms with Crippen LogP contribution >= 0.6 is 0 Å². The predicted octanol–water partition coefficient (Wildman–Crippen LogP) is -0.451. The summed E-state index contributed by atoms with van der Waals surface area (Å²) in [6, 6.07) is 0. The molecule has 0 aliphatic heterocycles. The summed E-state index contributed by atoms with van der Waals surface area (Å²) in [5.74, 6) is 0.805. The van der Waals surface area contributed by atoms with Crippen LogP contribution in [0.15, 0.2) is 6.20 Å². The van der Waals surface area contributed by atoms with E-state index < -0.39 is 0 Å². The van der Waals surface area contributed by atoms with Gasteiger partial charge in [0.05, 0.1) is 6.54 Å². The van der Waals surface area contributed by atoms with E-state index in [1.54, 1.807) is 25.2 Å². The molecule has 0 radical (unpaired) electrons. The van der Waals surface area contributed by atoms with Gasteiger partial charge in [-0.3, -0.25) is 4.79 Å². The van der Waals surface area contributed by atoms with Gasteiger partial charge in [-0.25, -0.2) is 4.98 Å². The highest BCUT2D eigenvalue weighted by atomic mass is 16.1. The minimum absolute atomic E-state index is 0.0749. The Morgan fingerprint density at radius 2 is 2.33 bits per heavy atom. The van der Waals surface area contributed by atoms with Crippen LogP contribution in [0.3, 0.4) is 0 Å². The standard InChI is InChI=1S/C9H15N5O/c1-6-4-12-9(10)13-8(6)14(3)5-7(15)11-2/h4H,5H2,1-3H3,(H,11,15)(H2,10,12,13). The van der Waals surface area contributed by atoms with Crippen LogP contribution in [0.5, 0.6) is 0 Å². The number of nitrogens with two attached hydrogens (primary N) is 1. The molecule has 15 heavy (non-hydrogen) atoms. The van der Waals surface area contributed by atoms with Crippen molar-refractivity contribution in [2.75, 3.05) is 31.3 Å². The summed E-state index contributed by atoms with van der Waals surface area (Å²) < 4.78 is 0. The number of hydrogen-bond donors (Lipinski definition) is 2. The van der Waals surface area contributed by atoms with Gasteiger partial charge in [-0.05, 0) is 6.92 Å². The van der Waals surface area contributed by atoms with E-state index in [-0.39, 0.29) is 18.4 Å². The molecule has 6 nitrogen and oxygen atoms in total. The second-order valence-electron chi connectivity index (χ2n) is 3.26. The van der Waals surface area contributed by atoms with Gasteiger partial charge in [-0.15, -0.1) is 0 Å². The van der Waals surface area contributed by atoms with E-state index in [4.69, 9.17) is 5.73 Å². The van der Waals surface area contributed by atoms with Crippen molar-refractivity contribution >= 4 is 17.7 Å². The van der Waals surface area contributed by atoms with E-state index in [1.807, 2.05) is 6.92 Å². The Hall–Kier alpha value is -1.85. The fourth-order valence-corrected chi connectivity index (χ4v) is 1.20. The number of aryl methyl sites for hydroxylation is 1. The summed E-state index contributed by atoms with van der Waals surface area (Å²) in [5.41, 5.74) is 6.36. The molecule has 1 aromatic rings. The highest BCUT2D eigenvalue weighted by Crippen LogP contribution is 2.14. The van der Waals surface area contributed by atoms with Gasteiger partial charge in [0, 0.05) is 25.9 Å². The fourth-order valence-electron chi connectivity index (χ4n) is 1.20. The first-order valence-electron chi connectivity index (χ1n) is 4.55. The molecular formula is C9H15N5O. The number of nitrogen functional groups attached to an aromatic ring is 1. The maximum absolute atomic E-state index is 11.2. The van der Waals surface area contributed by atoms with Gasteiger partial charge in [0.2, 0.25) is 11.9 Å². The number of amides is 1. The van der Waals surface area contributed by atoms with E-state index in [1.165, 1.54) is 0 Å². The SMILES string of the molecule is CNC(=O)CN(C)c1nc(N)ncc1C. The van der Waals surface area contributed by atoms with E-state index in [9.17, 15) is 4.79 Å². The summed E-state index contributed by atoms with van der Waals surface area (Å²) in [6.07, 6.45) is 1.64. The molecule has 0 atom stereocenters. The maximum atomic E-state index is 11.2. The first-order chi connectivity index (χ1) is 7.04. The van der Waals surface area contributed by atoms with Gasteiger partial charge >= 0.3 is 0 Å². The van der Waals surface area contributed by atoms with Crippen LogP contribution in [0, 0.1) is 6.92 Å². The first-order valence-corrected chi connectivity index (χ1v) is 4.55. The van der Waals surface area contributed by atoms with Crippen LogP contribution in [0.2, 0.25) is 0 Å². The van der Waals surface area contributed by atoms with Crippen molar-refractivity contribution in [3.8, 4) is 0 Å². The van der Waals surface area contributed by atoms with E-state index in [0.717, 1.165) is 5.56 Å². The molecule has 0 spiro atoms. The summed E-state index contributed by atoms with van der Waals surface area (Å²) >= 11 is 0. The topological polar surface area (TPSA) is 84.1 Å².